The van der Waals surface area contributed by atoms with Gasteiger partial charge in [-0.1, -0.05) is 28.1 Å². The maximum atomic E-state index is 13.6. The minimum absolute atomic E-state index is 0.0801. The van der Waals surface area contributed by atoms with Crippen molar-refractivity contribution in [3.63, 3.8) is 0 Å². The van der Waals surface area contributed by atoms with Crippen LogP contribution in [-0.2, 0) is 4.74 Å². The molecule has 0 N–H and O–H groups in total. The molecular weight excluding hydrogens is 307 g/mol. The van der Waals surface area contributed by atoms with E-state index in [9.17, 15) is 4.39 Å². The van der Waals surface area contributed by atoms with Crippen molar-refractivity contribution in [3.05, 3.63) is 34.6 Å². The molecule has 1 atom stereocenters. The second kappa shape index (κ2) is 6.36. The standard InChI is InChI=1S/C16H22BrFO/c1-4-19-14-7-12(8-14)9-15(17)13-5-10(2)16(18)11(3)6-13/h5-6,12,14-15H,4,7-9H2,1-3H3. The molecule has 1 unspecified atom stereocenters. The third-order valence-corrected chi connectivity index (χ3v) is 4.86. The van der Waals surface area contributed by atoms with Crippen LogP contribution >= 0.6 is 15.9 Å². The van der Waals surface area contributed by atoms with Crippen molar-refractivity contribution in [1.29, 1.82) is 0 Å². The smallest absolute Gasteiger partial charge is 0.129 e. The molecule has 2 rings (SSSR count). The zero-order valence-corrected chi connectivity index (χ0v) is 13.5. The van der Waals surface area contributed by atoms with E-state index in [0.29, 0.717) is 10.9 Å². The lowest BCUT2D eigenvalue weighted by Gasteiger charge is -2.36. The van der Waals surface area contributed by atoms with Gasteiger partial charge in [0.2, 0.25) is 0 Å². The molecule has 1 aliphatic rings. The van der Waals surface area contributed by atoms with Gasteiger partial charge in [-0.05, 0) is 62.6 Å². The molecule has 0 amide bonds. The fourth-order valence-corrected chi connectivity index (χ4v) is 3.62. The summed E-state index contributed by atoms with van der Waals surface area (Å²) in [4.78, 5) is 0.318. The summed E-state index contributed by atoms with van der Waals surface area (Å²) in [5.74, 6) is 0.648. The van der Waals surface area contributed by atoms with Gasteiger partial charge in [0.1, 0.15) is 5.82 Å². The van der Waals surface area contributed by atoms with E-state index >= 15 is 0 Å². The van der Waals surface area contributed by atoms with Crippen molar-refractivity contribution < 1.29 is 9.13 Å². The Labute approximate surface area is 123 Å². The summed E-state index contributed by atoms with van der Waals surface area (Å²) in [6, 6.07) is 3.92. The summed E-state index contributed by atoms with van der Waals surface area (Å²) in [7, 11) is 0. The molecule has 0 saturated heterocycles. The van der Waals surface area contributed by atoms with Crippen molar-refractivity contribution in [3.8, 4) is 0 Å². The summed E-state index contributed by atoms with van der Waals surface area (Å²) >= 11 is 3.75. The SMILES string of the molecule is CCOC1CC(CC(Br)c2cc(C)c(F)c(C)c2)C1. The van der Waals surface area contributed by atoms with Crippen LogP contribution in [0.25, 0.3) is 0 Å². The molecule has 0 radical (unpaired) electrons. The molecule has 1 nitrogen and oxygen atoms in total. The van der Waals surface area contributed by atoms with Crippen molar-refractivity contribution in [2.45, 2.75) is 51.0 Å². The van der Waals surface area contributed by atoms with Gasteiger partial charge in [0.15, 0.2) is 0 Å². The van der Waals surface area contributed by atoms with E-state index in [2.05, 4.69) is 15.9 Å². The summed E-state index contributed by atoms with van der Waals surface area (Å²) in [5.41, 5.74) is 2.66. The van der Waals surface area contributed by atoms with Crippen LogP contribution in [0.4, 0.5) is 4.39 Å². The van der Waals surface area contributed by atoms with Gasteiger partial charge in [-0.25, -0.2) is 4.39 Å². The first kappa shape index (κ1) is 15.0. The predicted molar refractivity (Wildman–Crippen MR) is 80.3 cm³/mol. The quantitative estimate of drug-likeness (QED) is 0.684. The van der Waals surface area contributed by atoms with Crippen molar-refractivity contribution in [2.24, 2.45) is 5.92 Å². The van der Waals surface area contributed by atoms with Gasteiger partial charge < -0.3 is 4.74 Å². The zero-order chi connectivity index (χ0) is 14.0. The molecule has 0 spiro atoms. The molecule has 106 valence electrons. The fourth-order valence-electron chi connectivity index (χ4n) is 2.83. The minimum Gasteiger partial charge on any atom is -0.378 e. The van der Waals surface area contributed by atoms with Crippen LogP contribution < -0.4 is 0 Å². The highest BCUT2D eigenvalue weighted by molar-refractivity contribution is 9.09. The zero-order valence-electron chi connectivity index (χ0n) is 11.9. The monoisotopic (exact) mass is 328 g/mol. The summed E-state index contributed by atoms with van der Waals surface area (Å²) < 4.78 is 19.2. The molecule has 1 aromatic rings. The Kier molecular flexibility index (Phi) is 5.02. The van der Waals surface area contributed by atoms with E-state index in [1.54, 1.807) is 0 Å². The first-order valence-electron chi connectivity index (χ1n) is 7.03. The van der Waals surface area contributed by atoms with Gasteiger partial charge in [0.25, 0.3) is 0 Å². The normalized spacial score (nSPS) is 24.1. The van der Waals surface area contributed by atoms with Crippen molar-refractivity contribution in [2.75, 3.05) is 6.61 Å². The van der Waals surface area contributed by atoms with Crippen molar-refractivity contribution >= 4 is 15.9 Å². The van der Waals surface area contributed by atoms with Crippen LogP contribution in [0.15, 0.2) is 12.1 Å². The number of benzene rings is 1. The molecule has 1 aliphatic carbocycles. The lowest BCUT2D eigenvalue weighted by Crippen LogP contribution is -2.31. The molecule has 19 heavy (non-hydrogen) atoms. The Hall–Kier alpha value is -0.410. The summed E-state index contributed by atoms with van der Waals surface area (Å²) in [6.07, 6.45) is 3.89. The number of hydrogen-bond acceptors (Lipinski definition) is 1. The molecule has 1 aromatic carbocycles. The molecule has 3 heteroatoms. The second-order valence-corrected chi connectivity index (χ2v) is 6.69. The number of alkyl halides is 1. The minimum atomic E-state index is -0.0801. The van der Waals surface area contributed by atoms with E-state index in [-0.39, 0.29) is 5.82 Å². The van der Waals surface area contributed by atoms with Crippen LogP contribution in [0.1, 0.15) is 47.7 Å². The van der Waals surface area contributed by atoms with Gasteiger partial charge in [0, 0.05) is 11.4 Å². The third kappa shape index (κ3) is 3.57. The highest BCUT2D eigenvalue weighted by Crippen LogP contribution is 2.40. The van der Waals surface area contributed by atoms with E-state index in [1.807, 2.05) is 32.9 Å². The average molecular weight is 329 g/mol. The van der Waals surface area contributed by atoms with Gasteiger partial charge in [0.05, 0.1) is 6.10 Å². The van der Waals surface area contributed by atoms with Crippen LogP contribution in [0.5, 0.6) is 0 Å². The number of ether oxygens (including phenoxy) is 1. The molecule has 1 fully saturated rings. The van der Waals surface area contributed by atoms with Crippen LogP contribution in [0.2, 0.25) is 0 Å². The topological polar surface area (TPSA) is 9.23 Å². The van der Waals surface area contributed by atoms with Gasteiger partial charge in [-0.2, -0.15) is 0 Å². The maximum Gasteiger partial charge on any atom is 0.129 e. The summed E-state index contributed by atoms with van der Waals surface area (Å²) in [6.45, 7) is 6.52. The number of hydrogen-bond donors (Lipinski definition) is 0. The molecule has 0 aromatic heterocycles. The molecule has 0 heterocycles. The number of halogens is 2. The fraction of sp³-hybridized carbons (Fsp3) is 0.625. The maximum absolute atomic E-state index is 13.6. The Morgan fingerprint density at radius 2 is 1.89 bits per heavy atom. The Morgan fingerprint density at radius 3 is 2.42 bits per heavy atom. The molecule has 1 saturated carbocycles. The first-order chi connectivity index (χ1) is 9.01. The first-order valence-corrected chi connectivity index (χ1v) is 7.95. The van der Waals surface area contributed by atoms with E-state index < -0.39 is 0 Å². The van der Waals surface area contributed by atoms with E-state index in [1.165, 1.54) is 5.56 Å². The average Bonchev–Trinajstić information content (AvgIpc) is 2.32. The number of rotatable bonds is 5. The van der Waals surface area contributed by atoms with Crippen LogP contribution in [0, 0.1) is 25.6 Å². The predicted octanol–water partition coefficient (Wildman–Crippen LogP) is 5.08. The largest absolute Gasteiger partial charge is 0.378 e. The van der Waals surface area contributed by atoms with Gasteiger partial charge >= 0.3 is 0 Å². The molecule has 0 aliphatic heterocycles. The van der Waals surface area contributed by atoms with Crippen LogP contribution in [0.3, 0.4) is 0 Å². The number of aryl methyl sites for hydroxylation is 2. The third-order valence-electron chi connectivity index (χ3n) is 3.96. The van der Waals surface area contributed by atoms with E-state index in [0.717, 1.165) is 42.9 Å². The van der Waals surface area contributed by atoms with Crippen LogP contribution in [-0.4, -0.2) is 12.7 Å². The van der Waals surface area contributed by atoms with E-state index in [4.69, 9.17) is 4.74 Å². The second-order valence-electron chi connectivity index (χ2n) is 5.59. The molecular formula is C16H22BrFO. The Morgan fingerprint density at radius 1 is 1.32 bits per heavy atom. The lowest BCUT2D eigenvalue weighted by molar-refractivity contribution is -0.0264. The Bertz CT molecular complexity index is 417. The highest BCUT2D eigenvalue weighted by Gasteiger charge is 2.31. The summed E-state index contributed by atoms with van der Waals surface area (Å²) in [5, 5.41) is 0. The lowest BCUT2D eigenvalue weighted by atomic mass is 9.78. The van der Waals surface area contributed by atoms with Crippen molar-refractivity contribution in [1.82, 2.24) is 0 Å². The van der Waals surface area contributed by atoms with Gasteiger partial charge in [-0.3, -0.25) is 0 Å². The Balaban J connectivity index is 1.92. The molecule has 0 bridgehead atoms. The highest BCUT2D eigenvalue weighted by atomic mass is 79.9. The van der Waals surface area contributed by atoms with Gasteiger partial charge in [-0.15, -0.1) is 0 Å².